The van der Waals surface area contributed by atoms with Crippen molar-refractivity contribution in [3.63, 3.8) is 0 Å². The maximum absolute atomic E-state index is 11.2. The number of nitrogens with two attached hydrogens (primary N) is 2. The van der Waals surface area contributed by atoms with Crippen molar-refractivity contribution in [1.29, 1.82) is 0 Å². The normalized spacial score (nSPS) is 19.1. The molecule has 1 aromatic rings. The highest BCUT2D eigenvalue weighted by atomic mass is 16.1. The Hall–Kier alpha value is -1.82. The molecule has 1 aromatic heterocycles. The van der Waals surface area contributed by atoms with Crippen molar-refractivity contribution in [1.82, 2.24) is 9.88 Å². The van der Waals surface area contributed by atoms with Crippen molar-refractivity contribution >= 4 is 17.4 Å². The van der Waals surface area contributed by atoms with Crippen molar-refractivity contribution < 1.29 is 4.79 Å². The van der Waals surface area contributed by atoms with Crippen LogP contribution in [0, 0.1) is 0 Å². The molecule has 0 aromatic carbocycles. The highest BCUT2D eigenvalue weighted by Gasteiger charge is 2.27. The molecular weight excluding hydrogens is 242 g/mol. The van der Waals surface area contributed by atoms with Gasteiger partial charge in [0.05, 0.1) is 5.69 Å². The molecule has 2 heterocycles. The Morgan fingerprint density at radius 1 is 1.53 bits per heavy atom. The molecule has 0 bridgehead atoms. The van der Waals surface area contributed by atoms with Gasteiger partial charge in [-0.2, -0.15) is 0 Å². The minimum absolute atomic E-state index is 0.264. The van der Waals surface area contributed by atoms with Crippen molar-refractivity contribution in [3.8, 4) is 0 Å². The Morgan fingerprint density at radius 3 is 2.89 bits per heavy atom. The van der Waals surface area contributed by atoms with Crippen LogP contribution >= 0.6 is 0 Å². The zero-order valence-corrected chi connectivity index (χ0v) is 11.5. The van der Waals surface area contributed by atoms with Gasteiger partial charge < -0.3 is 21.3 Å². The molecule has 1 unspecified atom stereocenters. The lowest BCUT2D eigenvalue weighted by atomic mass is 10.2. The molecule has 2 rings (SSSR count). The number of amides is 1. The molecule has 0 radical (unpaired) electrons. The number of carbonyl (C=O) groups excluding carboxylic acids is 1. The van der Waals surface area contributed by atoms with Crippen LogP contribution in [0.5, 0.6) is 0 Å². The number of anilines is 2. The Morgan fingerprint density at radius 2 is 2.26 bits per heavy atom. The topological polar surface area (TPSA) is 88.5 Å². The van der Waals surface area contributed by atoms with Crippen LogP contribution in [0.4, 0.5) is 11.5 Å². The number of primary amides is 1. The summed E-state index contributed by atoms with van der Waals surface area (Å²) in [5.41, 5.74) is 12.1. The monoisotopic (exact) mass is 263 g/mol. The van der Waals surface area contributed by atoms with E-state index in [0.29, 0.717) is 17.5 Å². The molecule has 19 heavy (non-hydrogen) atoms. The maximum Gasteiger partial charge on any atom is 0.267 e. The molecule has 0 saturated carbocycles. The van der Waals surface area contributed by atoms with E-state index in [2.05, 4.69) is 14.8 Å². The van der Waals surface area contributed by atoms with Crippen LogP contribution in [-0.4, -0.2) is 49.0 Å². The molecule has 1 aliphatic rings. The molecule has 1 fully saturated rings. The van der Waals surface area contributed by atoms with Crippen molar-refractivity contribution in [2.24, 2.45) is 5.73 Å². The van der Waals surface area contributed by atoms with E-state index in [4.69, 9.17) is 11.5 Å². The summed E-state index contributed by atoms with van der Waals surface area (Å²) in [6.45, 7) is 1.86. The van der Waals surface area contributed by atoms with Crippen LogP contribution in [0.2, 0.25) is 0 Å². The van der Waals surface area contributed by atoms with E-state index in [1.54, 1.807) is 12.1 Å². The van der Waals surface area contributed by atoms with Gasteiger partial charge in [-0.3, -0.25) is 4.79 Å². The van der Waals surface area contributed by atoms with Crippen LogP contribution in [0.3, 0.4) is 0 Å². The SMILES string of the molecule is CN(C)CC1CCCN1c1nc(C(N)=O)ccc1N. The van der Waals surface area contributed by atoms with Gasteiger partial charge in [-0.1, -0.05) is 0 Å². The standard InChI is InChI=1S/C13H21N5O/c1-17(2)8-9-4-3-7-18(9)13-10(14)5-6-11(16-13)12(15)19/h5-6,9H,3-4,7-8,14H2,1-2H3,(H2,15,19). The number of likely N-dealkylation sites (N-methyl/N-ethyl adjacent to an activating group) is 1. The number of aromatic nitrogens is 1. The molecule has 0 spiro atoms. The van der Waals surface area contributed by atoms with Crippen LogP contribution in [-0.2, 0) is 0 Å². The van der Waals surface area contributed by atoms with Crippen LogP contribution < -0.4 is 16.4 Å². The van der Waals surface area contributed by atoms with E-state index in [0.717, 1.165) is 25.9 Å². The van der Waals surface area contributed by atoms with Crippen molar-refractivity contribution in [2.45, 2.75) is 18.9 Å². The van der Waals surface area contributed by atoms with Gasteiger partial charge in [0.15, 0.2) is 5.82 Å². The van der Waals surface area contributed by atoms with E-state index >= 15 is 0 Å². The second-order valence-electron chi connectivity index (χ2n) is 5.23. The van der Waals surface area contributed by atoms with E-state index < -0.39 is 5.91 Å². The van der Waals surface area contributed by atoms with E-state index in [9.17, 15) is 4.79 Å². The summed E-state index contributed by atoms with van der Waals surface area (Å²) in [7, 11) is 4.10. The van der Waals surface area contributed by atoms with Gasteiger partial charge >= 0.3 is 0 Å². The van der Waals surface area contributed by atoms with Gasteiger partial charge in [-0.05, 0) is 39.1 Å². The first-order chi connectivity index (χ1) is 8.99. The van der Waals surface area contributed by atoms with E-state index in [-0.39, 0.29) is 5.69 Å². The molecule has 1 aliphatic heterocycles. The molecule has 4 N–H and O–H groups in total. The zero-order chi connectivity index (χ0) is 14.0. The van der Waals surface area contributed by atoms with Crippen molar-refractivity contribution in [2.75, 3.05) is 37.8 Å². The number of nitrogen functional groups attached to an aromatic ring is 1. The molecule has 104 valence electrons. The highest BCUT2D eigenvalue weighted by molar-refractivity contribution is 5.92. The molecule has 1 atom stereocenters. The molecule has 0 aliphatic carbocycles. The van der Waals surface area contributed by atoms with Gasteiger partial charge in [-0.15, -0.1) is 0 Å². The van der Waals surface area contributed by atoms with Gasteiger partial charge in [0.2, 0.25) is 0 Å². The summed E-state index contributed by atoms with van der Waals surface area (Å²) in [6, 6.07) is 3.65. The second-order valence-corrected chi connectivity index (χ2v) is 5.23. The Bertz CT molecular complexity index is 474. The first-order valence-corrected chi connectivity index (χ1v) is 6.46. The maximum atomic E-state index is 11.2. The third kappa shape index (κ3) is 2.96. The quantitative estimate of drug-likeness (QED) is 0.815. The fraction of sp³-hybridized carbons (Fsp3) is 0.538. The lowest BCUT2D eigenvalue weighted by Gasteiger charge is -2.29. The van der Waals surface area contributed by atoms with Gasteiger partial charge in [0.1, 0.15) is 5.69 Å². The molecule has 1 saturated heterocycles. The van der Waals surface area contributed by atoms with Gasteiger partial charge in [0.25, 0.3) is 5.91 Å². The van der Waals surface area contributed by atoms with E-state index in [1.807, 2.05) is 14.1 Å². The molecule has 1 amide bonds. The van der Waals surface area contributed by atoms with Crippen molar-refractivity contribution in [3.05, 3.63) is 17.8 Å². The third-order valence-corrected chi connectivity index (χ3v) is 3.38. The lowest BCUT2D eigenvalue weighted by Crippen LogP contribution is -2.38. The largest absolute Gasteiger partial charge is 0.396 e. The minimum atomic E-state index is -0.524. The fourth-order valence-corrected chi connectivity index (χ4v) is 2.55. The first-order valence-electron chi connectivity index (χ1n) is 6.46. The number of nitrogens with zero attached hydrogens (tertiary/aromatic N) is 3. The average molecular weight is 263 g/mol. The Kier molecular flexibility index (Phi) is 3.90. The highest BCUT2D eigenvalue weighted by Crippen LogP contribution is 2.29. The smallest absolute Gasteiger partial charge is 0.267 e. The Balaban J connectivity index is 2.29. The summed E-state index contributed by atoms with van der Waals surface area (Å²) in [6.07, 6.45) is 2.22. The van der Waals surface area contributed by atoms with Crippen LogP contribution in [0.15, 0.2) is 12.1 Å². The van der Waals surface area contributed by atoms with Crippen LogP contribution in [0.1, 0.15) is 23.3 Å². The summed E-state index contributed by atoms with van der Waals surface area (Å²) in [5, 5.41) is 0. The Labute approximate surface area is 113 Å². The van der Waals surface area contributed by atoms with E-state index in [1.165, 1.54) is 0 Å². The third-order valence-electron chi connectivity index (χ3n) is 3.38. The van der Waals surface area contributed by atoms with Gasteiger partial charge in [-0.25, -0.2) is 4.98 Å². The lowest BCUT2D eigenvalue weighted by molar-refractivity contribution is 0.0995. The number of rotatable bonds is 4. The van der Waals surface area contributed by atoms with Gasteiger partial charge in [0, 0.05) is 19.1 Å². The summed E-state index contributed by atoms with van der Waals surface area (Å²) < 4.78 is 0. The molecule has 6 heteroatoms. The average Bonchev–Trinajstić information content (AvgIpc) is 2.76. The number of hydrogen-bond acceptors (Lipinski definition) is 5. The fourth-order valence-electron chi connectivity index (χ4n) is 2.55. The summed E-state index contributed by atoms with van der Waals surface area (Å²) in [4.78, 5) is 19.9. The predicted molar refractivity (Wildman–Crippen MR) is 76.1 cm³/mol. The van der Waals surface area contributed by atoms with Crippen LogP contribution in [0.25, 0.3) is 0 Å². The summed E-state index contributed by atoms with van der Waals surface area (Å²) in [5.74, 6) is 0.158. The molecular formula is C13H21N5O. The zero-order valence-electron chi connectivity index (χ0n) is 11.5. The first kappa shape index (κ1) is 13.6. The molecule has 6 nitrogen and oxygen atoms in total. The number of pyridine rings is 1. The summed E-state index contributed by atoms with van der Waals surface area (Å²) >= 11 is 0. The second kappa shape index (κ2) is 5.44. The number of carbonyl (C=O) groups is 1. The number of hydrogen-bond donors (Lipinski definition) is 2. The predicted octanol–water partition coefficient (Wildman–Crippen LogP) is 0.293. The minimum Gasteiger partial charge on any atom is -0.396 e.